The van der Waals surface area contributed by atoms with Crippen molar-refractivity contribution in [2.75, 3.05) is 0 Å². The Morgan fingerprint density at radius 3 is 3.00 bits per heavy atom. The van der Waals surface area contributed by atoms with Gasteiger partial charge in [0.1, 0.15) is 0 Å². The molecule has 7 heteroatoms. The van der Waals surface area contributed by atoms with Crippen molar-refractivity contribution < 1.29 is 4.92 Å². The van der Waals surface area contributed by atoms with Crippen molar-refractivity contribution in [2.45, 2.75) is 0 Å². The number of pyridine rings is 1. The Morgan fingerprint density at radius 2 is 2.46 bits per heavy atom. The maximum Gasteiger partial charge on any atom is 0.315 e. The summed E-state index contributed by atoms with van der Waals surface area (Å²) in [6.45, 7) is 0. The number of nitrogens with zero attached hydrogens (tertiary/aromatic N) is 3. The SMILES string of the molecule is O=[N+]([O-])c1cc(Br)cnc1N=C=S. The highest BCUT2D eigenvalue weighted by atomic mass is 79.9. The normalized spacial score (nSPS) is 9.00. The van der Waals surface area contributed by atoms with Gasteiger partial charge >= 0.3 is 5.69 Å². The van der Waals surface area contributed by atoms with Gasteiger partial charge in [0.15, 0.2) is 0 Å². The summed E-state index contributed by atoms with van der Waals surface area (Å²) in [6.07, 6.45) is 1.40. The number of halogens is 1. The smallest absolute Gasteiger partial charge is 0.258 e. The zero-order chi connectivity index (χ0) is 9.84. The Labute approximate surface area is 86.8 Å². The first kappa shape index (κ1) is 9.91. The molecule has 0 aliphatic rings. The van der Waals surface area contributed by atoms with E-state index in [1.807, 2.05) is 5.16 Å². The summed E-state index contributed by atoms with van der Waals surface area (Å²) in [6, 6.07) is 1.30. The van der Waals surface area contributed by atoms with Gasteiger partial charge in [0.05, 0.1) is 10.1 Å². The van der Waals surface area contributed by atoms with E-state index in [2.05, 4.69) is 38.1 Å². The Balaban J connectivity index is 3.34. The van der Waals surface area contributed by atoms with Crippen LogP contribution in [0.5, 0.6) is 0 Å². The van der Waals surface area contributed by atoms with E-state index in [1.165, 1.54) is 12.3 Å². The molecular weight excluding hydrogens is 258 g/mol. The van der Waals surface area contributed by atoms with Gasteiger partial charge in [-0.25, -0.2) is 4.98 Å². The molecule has 0 saturated carbocycles. The lowest BCUT2D eigenvalue weighted by Gasteiger charge is -1.94. The van der Waals surface area contributed by atoms with E-state index in [1.54, 1.807) is 0 Å². The van der Waals surface area contributed by atoms with Crippen LogP contribution >= 0.6 is 28.1 Å². The molecule has 1 heterocycles. The molecule has 0 radical (unpaired) electrons. The van der Waals surface area contributed by atoms with Crippen LogP contribution < -0.4 is 0 Å². The third kappa shape index (κ3) is 2.38. The summed E-state index contributed by atoms with van der Waals surface area (Å²) >= 11 is 7.38. The summed E-state index contributed by atoms with van der Waals surface area (Å²) < 4.78 is 0.516. The van der Waals surface area contributed by atoms with Crippen LogP contribution in [-0.4, -0.2) is 15.1 Å². The van der Waals surface area contributed by atoms with Gasteiger partial charge in [-0.2, -0.15) is 4.99 Å². The van der Waals surface area contributed by atoms with E-state index in [-0.39, 0.29) is 11.5 Å². The maximum atomic E-state index is 10.5. The third-order valence-electron chi connectivity index (χ3n) is 1.16. The van der Waals surface area contributed by atoms with E-state index in [0.717, 1.165) is 0 Å². The van der Waals surface area contributed by atoms with Crippen LogP contribution in [0.25, 0.3) is 0 Å². The summed E-state index contributed by atoms with van der Waals surface area (Å²) in [5.41, 5.74) is -0.202. The molecule has 0 bridgehead atoms. The van der Waals surface area contributed by atoms with Crippen molar-refractivity contribution in [1.82, 2.24) is 4.98 Å². The number of nitro groups is 1. The molecule has 13 heavy (non-hydrogen) atoms. The second-order valence-corrected chi connectivity index (χ2v) is 3.05. The number of aromatic nitrogens is 1. The number of hydrogen-bond acceptors (Lipinski definition) is 5. The Bertz CT molecular complexity index is 403. The minimum atomic E-state index is -0.580. The van der Waals surface area contributed by atoms with Crippen molar-refractivity contribution >= 4 is 44.8 Å². The summed E-state index contributed by atoms with van der Waals surface area (Å²) in [7, 11) is 0. The fraction of sp³-hybridized carbons (Fsp3) is 0. The van der Waals surface area contributed by atoms with Crippen molar-refractivity contribution in [3.05, 3.63) is 26.9 Å². The van der Waals surface area contributed by atoms with Gasteiger partial charge in [-0.15, -0.1) is 0 Å². The van der Waals surface area contributed by atoms with Crippen molar-refractivity contribution in [1.29, 1.82) is 0 Å². The molecule has 0 aliphatic carbocycles. The lowest BCUT2D eigenvalue weighted by Crippen LogP contribution is -1.90. The minimum Gasteiger partial charge on any atom is -0.258 e. The van der Waals surface area contributed by atoms with Crippen molar-refractivity contribution in [3.63, 3.8) is 0 Å². The second-order valence-electron chi connectivity index (χ2n) is 1.96. The average Bonchev–Trinajstić information content (AvgIpc) is 2.08. The predicted octanol–water partition coefficient (Wildman–Crippen LogP) is 2.49. The Kier molecular flexibility index (Phi) is 3.18. The van der Waals surface area contributed by atoms with Crippen LogP contribution in [0.2, 0.25) is 0 Å². The fourth-order valence-corrected chi connectivity index (χ4v) is 1.09. The number of isothiocyanates is 1. The summed E-state index contributed by atoms with van der Waals surface area (Å²) in [5, 5.41) is 12.5. The molecule has 0 spiro atoms. The molecule has 0 amide bonds. The zero-order valence-electron chi connectivity index (χ0n) is 6.10. The van der Waals surface area contributed by atoms with Gasteiger partial charge in [-0.05, 0) is 28.1 Å². The maximum absolute atomic E-state index is 10.5. The number of rotatable bonds is 2. The van der Waals surface area contributed by atoms with Crippen molar-refractivity contribution in [3.8, 4) is 0 Å². The predicted molar refractivity (Wildman–Crippen MR) is 53.3 cm³/mol. The van der Waals surface area contributed by atoms with Gasteiger partial charge < -0.3 is 0 Å². The first-order chi connectivity index (χ1) is 6.15. The van der Waals surface area contributed by atoms with Crippen LogP contribution in [0, 0.1) is 10.1 Å². The quantitative estimate of drug-likeness (QED) is 0.354. The lowest BCUT2D eigenvalue weighted by atomic mass is 10.4. The van der Waals surface area contributed by atoms with Crippen LogP contribution in [0.3, 0.4) is 0 Å². The average molecular weight is 260 g/mol. The van der Waals surface area contributed by atoms with Crippen LogP contribution in [-0.2, 0) is 0 Å². The molecule has 0 aromatic carbocycles. The zero-order valence-corrected chi connectivity index (χ0v) is 8.50. The van der Waals surface area contributed by atoms with Crippen LogP contribution in [0.1, 0.15) is 0 Å². The third-order valence-corrected chi connectivity index (χ3v) is 1.69. The van der Waals surface area contributed by atoms with E-state index in [0.29, 0.717) is 4.47 Å². The first-order valence-corrected chi connectivity index (χ1v) is 4.23. The van der Waals surface area contributed by atoms with E-state index >= 15 is 0 Å². The van der Waals surface area contributed by atoms with Crippen molar-refractivity contribution in [2.24, 2.45) is 4.99 Å². The van der Waals surface area contributed by atoms with E-state index in [9.17, 15) is 10.1 Å². The van der Waals surface area contributed by atoms with Crippen LogP contribution in [0.4, 0.5) is 11.5 Å². The largest absolute Gasteiger partial charge is 0.315 e. The molecule has 0 atom stereocenters. The fourth-order valence-electron chi connectivity index (χ4n) is 0.685. The molecule has 1 aromatic rings. The van der Waals surface area contributed by atoms with Gasteiger partial charge in [-0.1, -0.05) is 0 Å². The molecule has 0 N–H and O–H groups in total. The van der Waals surface area contributed by atoms with Gasteiger partial charge in [0.2, 0.25) is 5.82 Å². The Morgan fingerprint density at radius 1 is 1.77 bits per heavy atom. The molecule has 0 unspecified atom stereocenters. The molecule has 5 nitrogen and oxygen atoms in total. The topological polar surface area (TPSA) is 68.4 Å². The van der Waals surface area contributed by atoms with Gasteiger partial charge in [0.25, 0.3) is 0 Å². The lowest BCUT2D eigenvalue weighted by molar-refractivity contribution is -0.384. The first-order valence-electron chi connectivity index (χ1n) is 3.03. The summed E-state index contributed by atoms with van der Waals surface area (Å²) in [5.74, 6) is -0.0387. The number of hydrogen-bond donors (Lipinski definition) is 0. The molecule has 0 aliphatic heterocycles. The molecule has 1 aromatic heterocycles. The highest BCUT2D eigenvalue weighted by molar-refractivity contribution is 9.10. The second kappa shape index (κ2) is 4.18. The van der Waals surface area contributed by atoms with E-state index < -0.39 is 4.92 Å². The number of thiocarbonyl (C=S) groups is 1. The number of aliphatic imine (C=N–C) groups is 1. The highest BCUT2D eigenvalue weighted by Crippen LogP contribution is 2.26. The Hall–Kier alpha value is -1.17. The minimum absolute atomic E-state index is 0.0387. The molecule has 66 valence electrons. The van der Waals surface area contributed by atoms with Gasteiger partial charge in [0, 0.05) is 16.7 Å². The molecular formula is C6H2BrN3O2S. The van der Waals surface area contributed by atoms with Crippen LogP contribution in [0.15, 0.2) is 21.7 Å². The monoisotopic (exact) mass is 259 g/mol. The highest BCUT2D eigenvalue weighted by Gasteiger charge is 2.14. The molecule has 0 saturated heterocycles. The van der Waals surface area contributed by atoms with E-state index in [4.69, 9.17) is 0 Å². The summed E-state index contributed by atoms with van der Waals surface area (Å²) in [4.78, 5) is 17.1. The molecule has 1 rings (SSSR count). The molecule has 0 fully saturated rings. The standard InChI is InChI=1S/C6H2BrN3O2S/c7-4-1-5(10(11)12)6(8-2-4)9-3-13/h1-2H. The van der Waals surface area contributed by atoms with Gasteiger partial charge in [-0.3, -0.25) is 10.1 Å².